The third-order valence-electron chi connectivity index (χ3n) is 3.37. The van der Waals surface area contributed by atoms with E-state index in [-0.39, 0.29) is 16.2 Å². The first kappa shape index (κ1) is 14.6. The molecular weight excluding hydrogens is 288 g/mol. The molecule has 0 aliphatic carbocycles. The molecule has 8 heteroatoms. The lowest BCUT2D eigenvalue weighted by Crippen LogP contribution is -2.53. The van der Waals surface area contributed by atoms with Gasteiger partial charge in [-0.2, -0.15) is 4.31 Å². The number of piperazine rings is 1. The number of rotatable bonds is 3. The van der Waals surface area contributed by atoms with Crippen LogP contribution in [0.1, 0.15) is 13.8 Å². The Bertz CT molecular complexity index is 534. The van der Waals surface area contributed by atoms with Crippen LogP contribution in [0.4, 0.5) is 0 Å². The molecule has 1 unspecified atom stereocenters. The van der Waals surface area contributed by atoms with Crippen molar-refractivity contribution >= 4 is 21.6 Å². The van der Waals surface area contributed by atoms with Gasteiger partial charge in [0.2, 0.25) is 15.3 Å². The monoisotopic (exact) mass is 304 g/mol. The van der Waals surface area contributed by atoms with Crippen molar-refractivity contribution < 1.29 is 8.42 Å². The quantitative estimate of drug-likeness (QED) is 0.774. The molecule has 1 aliphatic rings. The molecule has 2 heterocycles. The van der Waals surface area contributed by atoms with Gasteiger partial charge in [-0.05, 0) is 25.1 Å². The standard InChI is InChI=1S/C11H17ClN4O2S/c1-3-15-4-5-16(8-9(15)2)19(17,18)10-6-13-11(12)14-7-10/h6-7,9H,3-5,8H2,1-2H3. The van der Waals surface area contributed by atoms with Crippen LogP contribution >= 0.6 is 11.6 Å². The molecule has 6 nitrogen and oxygen atoms in total. The van der Waals surface area contributed by atoms with Gasteiger partial charge in [-0.15, -0.1) is 0 Å². The molecule has 0 aromatic carbocycles. The Labute approximate surface area is 118 Å². The zero-order valence-electron chi connectivity index (χ0n) is 11.0. The van der Waals surface area contributed by atoms with E-state index >= 15 is 0 Å². The number of sulfonamides is 1. The van der Waals surface area contributed by atoms with Crippen molar-refractivity contribution in [3.8, 4) is 0 Å². The highest BCUT2D eigenvalue weighted by molar-refractivity contribution is 7.89. The SMILES string of the molecule is CCN1CCN(S(=O)(=O)c2cnc(Cl)nc2)CC1C. The van der Waals surface area contributed by atoms with Crippen LogP contribution in [0.15, 0.2) is 17.3 Å². The van der Waals surface area contributed by atoms with Crippen LogP contribution in [0, 0.1) is 0 Å². The van der Waals surface area contributed by atoms with E-state index in [1.165, 1.54) is 16.7 Å². The predicted octanol–water partition coefficient (Wildman–Crippen LogP) is 0.845. The van der Waals surface area contributed by atoms with Gasteiger partial charge in [-0.3, -0.25) is 4.90 Å². The summed E-state index contributed by atoms with van der Waals surface area (Å²) in [5.41, 5.74) is 0. The summed E-state index contributed by atoms with van der Waals surface area (Å²) in [6.07, 6.45) is 2.50. The summed E-state index contributed by atoms with van der Waals surface area (Å²) >= 11 is 5.57. The fraction of sp³-hybridized carbons (Fsp3) is 0.636. The summed E-state index contributed by atoms with van der Waals surface area (Å²) in [5.74, 6) is 0. The number of hydrogen-bond donors (Lipinski definition) is 0. The summed E-state index contributed by atoms with van der Waals surface area (Å²) in [5, 5.41) is 0.0446. The van der Waals surface area contributed by atoms with E-state index in [1.807, 2.05) is 6.92 Å². The summed E-state index contributed by atoms with van der Waals surface area (Å²) < 4.78 is 26.3. The van der Waals surface area contributed by atoms with Crippen molar-refractivity contribution in [2.45, 2.75) is 24.8 Å². The number of nitrogens with zero attached hydrogens (tertiary/aromatic N) is 4. The van der Waals surface area contributed by atoms with Crippen LogP contribution in [0.2, 0.25) is 5.28 Å². The van der Waals surface area contributed by atoms with Gasteiger partial charge >= 0.3 is 0 Å². The smallest absolute Gasteiger partial charge is 0.246 e. The first-order chi connectivity index (χ1) is 8.95. The van der Waals surface area contributed by atoms with Gasteiger partial charge in [-0.25, -0.2) is 18.4 Å². The molecule has 2 rings (SSSR count). The summed E-state index contributed by atoms with van der Waals surface area (Å²) in [6, 6.07) is 0.210. The van der Waals surface area contributed by atoms with Gasteiger partial charge in [0.1, 0.15) is 4.90 Å². The molecule has 0 spiro atoms. The molecular formula is C11H17ClN4O2S. The lowest BCUT2D eigenvalue weighted by Gasteiger charge is -2.38. The summed E-state index contributed by atoms with van der Waals surface area (Å²) in [7, 11) is -3.52. The molecule has 0 amide bonds. The molecule has 1 saturated heterocycles. The fourth-order valence-corrected chi connectivity index (χ4v) is 3.73. The average Bonchev–Trinajstić information content (AvgIpc) is 2.39. The van der Waals surface area contributed by atoms with Gasteiger partial charge in [-0.1, -0.05) is 6.92 Å². The van der Waals surface area contributed by atoms with Crippen LogP contribution in [-0.2, 0) is 10.0 Å². The molecule has 106 valence electrons. The van der Waals surface area contributed by atoms with Gasteiger partial charge in [0, 0.05) is 25.7 Å². The Kier molecular flexibility index (Phi) is 4.39. The normalized spacial score (nSPS) is 22.6. The van der Waals surface area contributed by atoms with Crippen LogP contribution in [0.3, 0.4) is 0 Å². The molecule has 0 saturated carbocycles. The topological polar surface area (TPSA) is 66.4 Å². The molecule has 0 radical (unpaired) electrons. The minimum absolute atomic E-state index is 0.0446. The van der Waals surface area contributed by atoms with E-state index in [9.17, 15) is 8.42 Å². The summed E-state index contributed by atoms with van der Waals surface area (Å²) in [6.45, 7) is 6.75. The zero-order valence-corrected chi connectivity index (χ0v) is 12.5. The van der Waals surface area contributed by atoms with E-state index < -0.39 is 10.0 Å². The highest BCUT2D eigenvalue weighted by atomic mass is 35.5. The van der Waals surface area contributed by atoms with Gasteiger partial charge < -0.3 is 0 Å². The number of likely N-dealkylation sites (N-methyl/N-ethyl adjacent to an activating group) is 1. The summed E-state index contributed by atoms with van der Waals surface area (Å²) in [4.78, 5) is 9.80. The highest BCUT2D eigenvalue weighted by Gasteiger charge is 2.31. The van der Waals surface area contributed by atoms with E-state index in [4.69, 9.17) is 11.6 Å². The molecule has 1 aromatic rings. The Morgan fingerprint density at radius 2 is 2.00 bits per heavy atom. The molecule has 0 N–H and O–H groups in total. The second-order valence-electron chi connectivity index (χ2n) is 4.53. The minimum atomic E-state index is -3.52. The second kappa shape index (κ2) is 5.70. The van der Waals surface area contributed by atoms with Crippen LogP contribution in [0.25, 0.3) is 0 Å². The fourth-order valence-electron chi connectivity index (χ4n) is 2.23. The van der Waals surface area contributed by atoms with Gasteiger partial charge in [0.25, 0.3) is 0 Å². The minimum Gasteiger partial charge on any atom is -0.298 e. The maximum atomic E-state index is 12.4. The van der Waals surface area contributed by atoms with Gasteiger partial charge in [0.15, 0.2) is 0 Å². The predicted molar refractivity (Wildman–Crippen MR) is 72.5 cm³/mol. The Morgan fingerprint density at radius 3 is 2.53 bits per heavy atom. The van der Waals surface area contributed by atoms with Crippen molar-refractivity contribution in [3.63, 3.8) is 0 Å². The Balaban J connectivity index is 2.19. The first-order valence-corrected chi connectivity index (χ1v) is 7.98. The average molecular weight is 305 g/mol. The molecule has 1 fully saturated rings. The molecule has 1 aliphatic heterocycles. The first-order valence-electron chi connectivity index (χ1n) is 6.17. The molecule has 0 bridgehead atoms. The number of halogens is 1. The Morgan fingerprint density at radius 1 is 1.37 bits per heavy atom. The van der Waals surface area contributed by atoms with E-state index in [1.54, 1.807) is 0 Å². The van der Waals surface area contributed by atoms with Crippen molar-refractivity contribution in [1.82, 2.24) is 19.2 Å². The molecule has 19 heavy (non-hydrogen) atoms. The van der Waals surface area contributed by atoms with E-state index in [0.717, 1.165) is 13.1 Å². The Hall–Kier alpha value is -0.760. The van der Waals surface area contributed by atoms with Crippen LogP contribution in [0.5, 0.6) is 0 Å². The van der Waals surface area contributed by atoms with Crippen molar-refractivity contribution in [2.24, 2.45) is 0 Å². The third-order valence-corrected chi connectivity index (χ3v) is 5.38. The zero-order chi connectivity index (χ0) is 14.0. The van der Waals surface area contributed by atoms with Crippen molar-refractivity contribution in [3.05, 3.63) is 17.7 Å². The van der Waals surface area contributed by atoms with Crippen LogP contribution in [-0.4, -0.2) is 59.8 Å². The molecule has 1 atom stereocenters. The second-order valence-corrected chi connectivity index (χ2v) is 6.80. The maximum Gasteiger partial charge on any atom is 0.246 e. The lowest BCUT2D eigenvalue weighted by molar-refractivity contribution is 0.135. The third kappa shape index (κ3) is 3.05. The van der Waals surface area contributed by atoms with E-state index in [2.05, 4.69) is 21.8 Å². The number of aromatic nitrogens is 2. The van der Waals surface area contributed by atoms with Gasteiger partial charge in [0.05, 0.1) is 12.4 Å². The number of hydrogen-bond acceptors (Lipinski definition) is 5. The maximum absolute atomic E-state index is 12.4. The van der Waals surface area contributed by atoms with Crippen molar-refractivity contribution in [1.29, 1.82) is 0 Å². The lowest BCUT2D eigenvalue weighted by atomic mass is 10.2. The largest absolute Gasteiger partial charge is 0.298 e. The molecule has 1 aromatic heterocycles. The van der Waals surface area contributed by atoms with Crippen molar-refractivity contribution in [2.75, 3.05) is 26.2 Å². The highest BCUT2D eigenvalue weighted by Crippen LogP contribution is 2.19. The van der Waals surface area contributed by atoms with E-state index in [0.29, 0.717) is 13.1 Å². The van der Waals surface area contributed by atoms with Crippen LogP contribution < -0.4 is 0 Å².